The minimum absolute atomic E-state index is 0.332. The average Bonchev–Trinajstić information content (AvgIpc) is 2.30. The molecule has 0 spiro atoms. The maximum atomic E-state index is 6.06. The first-order valence-electron chi connectivity index (χ1n) is 4.58. The molecular formula is C11H10ClN3. The van der Waals surface area contributed by atoms with E-state index in [1.807, 2.05) is 30.3 Å². The second-order valence-corrected chi connectivity index (χ2v) is 3.45. The normalized spacial score (nSPS) is 10.3. The molecule has 0 unspecified atom stereocenters. The van der Waals surface area contributed by atoms with Crippen LogP contribution in [0.2, 0.25) is 5.02 Å². The van der Waals surface area contributed by atoms with Gasteiger partial charge in [-0.15, -0.1) is 0 Å². The monoisotopic (exact) mass is 219 g/mol. The van der Waals surface area contributed by atoms with Crippen LogP contribution in [0, 0.1) is 0 Å². The molecule has 0 amide bonds. The van der Waals surface area contributed by atoms with Gasteiger partial charge in [-0.1, -0.05) is 29.8 Å². The molecular weight excluding hydrogens is 210 g/mol. The van der Waals surface area contributed by atoms with E-state index in [1.165, 1.54) is 0 Å². The number of halogens is 1. The summed E-state index contributed by atoms with van der Waals surface area (Å²) in [5, 5.41) is 0.680. The predicted octanol–water partition coefficient (Wildman–Crippen LogP) is 2.26. The van der Waals surface area contributed by atoms with E-state index in [1.54, 1.807) is 6.20 Å². The Labute approximate surface area is 92.9 Å². The van der Waals surface area contributed by atoms with Crippen molar-refractivity contribution in [3.8, 4) is 11.3 Å². The van der Waals surface area contributed by atoms with Gasteiger partial charge in [0.1, 0.15) is 5.82 Å². The summed E-state index contributed by atoms with van der Waals surface area (Å²) in [6.45, 7) is 0.332. The lowest BCUT2D eigenvalue weighted by Crippen LogP contribution is -2.03. The number of benzene rings is 1. The van der Waals surface area contributed by atoms with Crippen LogP contribution in [0.4, 0.5) is 0 Å². The van der Waals surface area contributed by atoms with Crippen molar-refractivity contribution in [2.45, 2.75) is 6.54 Å². The van der Waals surface area contributed by atoms with Gasteiger partial charge in [-0.25, -0.2) is 9.97 Å². The predicted molar refractivity (Wildman–Crippen MR) is 60.4 cm³/mol. The molecule has 0 bridgehead atoms. The van der Waals surface area contributed by atoms with Crippen molar-refractivity contribution in [2.24, 2.45) is 5.73 Å². The quantitative estimate of drug-likeness (QED) is 0.843. The summed E-state index contributed by atoms with van der Waals surface area (Å²) in [5.74, 6) is 0.618. The molecule has 4 heteroatoms. The lowest BCUT2D eigenvalue weighted by molar-refractivity contribution is 0.912. The van der Waals surface area contributed by atoms with E-state index in [9.17, 15) is 0 Å². The van der Waals surface area contributed by atoms with Crippen molar-refractivity contribution < 1.29 is 0 Å². The Morgan fingerprint density at radius 1 is 1.20 bits per heavy atom. The zero-order valence-corrected chi connectivity index (χ0v) is 8.78. The zero-order chi connectivity index (χ0) is 10.7. The summed E-state index contributed by atoms with van der Waals surface area (Å²) >= 11 is 6.06. The zero-order valence-electron chi connectivity index (χ0n) is 8.02. The molecule has 15 heavy (non-hydrogen) atoms. The average molecular weight is 220 g/mol. The fourth-order valence-corrected chi connectivity index (χ4v) is 1.55. The first-order chi connectivity index (χ1) is 7.31. The molecule has 0 aliphatic carbocycles. The standard InChI is InChI=1S/C11H10ClN3/c12-9-4-2-1-3-8(9)10-5-6-14-11(7-13)15-10/h1-6H,7,13H2. The topological polar surface area (TPSA) is 51.8 Å². The van der Waals surface area contributed by atoms with Gasteiger partial charge in [0.05, 0.1) is 12.2 Å². The second-order valence-electron chi connectivity index (χ2n) is 3.04. The summed E-state index contributed by atoms with van der Waals surface area (Å²) in [4.78, 5) is 8.34. The van der Waals surface area contributed by atoms with Gasteiger partial charge >= 0.3 is 0 Å². The van der Waals surface area contributed by atoms with Gasteiger partial charge in [0.15, 0.2) is 0 Å². The largest absolute Gasteiger partial charge is 0.324 e. The number of aromatic nitrogens is 2. The van der Waals surface area contributed by atoms with E-state index in [0.717, 1.165) is 11.3 Å². The van der Waals surface area contributed by atoms with Gasteiger partial charge < -0.3 is 5.73 Å². The van der Waals surface area contributed by atoms with E-state index in [2.05, 4.69) is 9.97 Å². The molecule has 0 radical (unpaired) electrons. The Balaban J connectivity index is 2.49. The highest BCUT2D eigenvalue weighted by atomic mass is 35.5. The second kappa shape index (κ2) is 4.38. The fourth-order valence-electron chi connectivity index (χ4n) is 1.32. The van der Waals surface area contributed by atoms with Crippen LogP contribution >= 0.6 is 11.6 Å². The molecule has 3 nitrogen and oxygen atoms in total. The molecule has 0 aliphatic rings. The highest BCUT2D eigenvalue weighted by Crippen LogP contribution is 2.25. The van der Waals surface area contributed by atoms with Gasteiger partial charge in [0.2, 0.25) is 0 Å². The number of nitrogens with zero attached hydrogens (tertiary/aromatic N) is 2. The number of hydrogen-bond acceptors (Lipinski definition) is 3. The Bertz CT molecular complexity index is 471. The lowest BCUT2D eigenvalue weighted by atomic mass is 10.1. The van der Waals surface area contributed by atoms with E-state index < -0.39 is 0 Å². The van der Waals surface area contributed by atoms with E-state index in [-0.39, 0.29) is 0 Å². The Hall–Kier alpha value is -1.45. The van der Waals surface area contributed by atoms with Crippen LogP contribution in [0.5, 0.6) is 0 Å². The van der Waals surface area contributed by atoms with Crippen molar-refractivity contribution in [3.05, 3.63) is 47.4 Å². The van der Waals surface area contributed by atoms with Crippen molar-refractivity contribution >= 4 is 11.6 Å². The van der Waals surface area contributed by atoms with Crippen molar-refractivity contribution in [3.63, 3.8) is 0 Å². The van der Waals surface area contributed by atoms with Gasteiger partial charge in [-0.2, -0.15) is 0 Å². The molecule has 1 aromatic carbocycles. The summed E-state index contributed by atoms with van der Waals surface area (Å²) in [6, 6.07) is 9.38. The van der Waals surface area contributed by atoms with Crippen LogP contribution in [0.1, 0.15) is 5.82 Å². The molecule has 1 aromatic heterocycles. The lowest BCUT2D eigenvalue weighted by Gasteiger charge is -2.03. The van der Waals surface area contributed by atoms with Gasteiger partial charge in [-0.3, -0.25) is 0 Å². The number of nitrogens with two attached hydrogens (primary N) is 1. The molecule has 2 rings (SSSR count). The molecule has 1 heterocycles. The summed E-state index contributed by atoms with van der Waals surface area (Å²) in [5.41, 5.74) is 7.18. The Morgan fingerprint density at radius 3 is 2.73 bits per heavy atom. The van der Waals surface area contributed by atoms with Crippen LogP contribution in [0.25, 0.3) is 11.3 Å². The van der Waals surface area contributed by atoms with Crippen molar-refractivity contribution in [1.82, 2.24) is 9.97 Å². The van der Waals surface area contributed by atoms with E-state index in [0.29, 0.717) is 17.4 Å². The Kier molecular flexibility index (Phi) is 2.94. The fraction of sp³-hybridized carbons (Fsp3) is 0.0909. The Morgan fingerprint density at radius 2 is 2.00 bits per heavy atom. The summed E-state index contributed by atoms with van der Waals surface area (Å²) in [6.07, 6.45) is 1.69. The maximum absolute atomic E-state index is 6.06. The molecule has 2 N–H and O–H groups in total. The molecule has 2 aromatic rings. The summed E-state index contributed by atoms with van der Waals surface area (Å²) in [7, 11) is 0. The molecule has 0 atom stereocenters. The smallest absolute Gasteiger partial charge is 0.142 e. The molecule has 76 valence electrons. The highest BCUT2D eigenvalue weighted by Gasteiger charge is 2.04. The van der Waals surface area contributed by atoms with Crippen molar-refractivity contribution in [2.75, 3.05) is 0 Å². The number of rotatable bonds is 2. The van der Waals surface area contributed by atoms with E-state index >= 15 is 0 Å². The third-order valence-electron chi connectivity index (χ3n) is 2.04. The van der Waals surface area contributed by atoms with E-state index in [4.69, 9.17) is 17.3 Å². The molecule has 0 aliphatic heterocycles. The summed E-state index contributed by atoms with van der Waals surface area (Å²) < 4.78 is 0. The van der Waals surface area contributed by atoms with Crippen molar-refractivity contribution in [1.29, 1.82) is 0 Å². The van der Waals surface area contributed by atoms with Crippen LogP contribution in [0.3, 0.4) is 0 Å². The maximum Gasteiger partial charge on any atom is 0.142 e. The van der Waals surface area contributed by atoms with Crippen LogP contribution in [0.15, 0.2) is 36.5 Å². The molecule has 0 fully saturated rings. The van der Waals surface area contributed by atoms with Gasteiger partial charge in [0.25, 0.3) is 0 Å². The molecule has 0 saturated heterocycles. The minimum atomic E-state index is 0.332. The first kappa shape index (κ1) is 10.1. The third kappa shape index (κ3) is 2.14. The third-order valence-corrected chi connectivity index (χ3v) is 2.37. The van der Waals surface area contributed by atoms with Crippen LogP contribution in [-0.2, 0) is 6.54 Å². The van der Waals surface area contributed by atoms with Crippen LogP contribution in [-0.4, -0.2) is 9.97 Å². The number of hydrogen-bond donors (Lipinski definition) is 1. The van der Waals surface area contributed by atoms with Gasteiger partial charge in [0, 0.05) is 16.8 Å². The molecule has 0 saturated carbocycles. The van der Waals surface area contributed by atoms with Gasteiger partial charge in [-0.05, 0) is 12.1 Å². The minimum Gasteiger partial charge on any atom is -0.324 e. The van der Waals surface area contributed by atoms with Crippen LogP contribution < -0.4 is 5.73 Å². The highest BCUT2D eigenvalue weighted by molar-refractivity contribution is 6.33. The first-order valence-corrected chi connectivity index (χ1v) is 4.96. The SMILES string of the molecule is NCc1nccc(-c2ccccc2Cl)n1.